The van der Waals surface area contributed by atoms with Crippen LogP contribution in [0.15, 0.2) is 0 Å². The Hall–Kier alpha value is -0.120. The molecule has 3 heteroatoms. The largest absolute Gasteiger partial charge is 0.382 e. The first kappa shape index (κ1) is 13.9. The first-order valence-corrected chi connectivity index (χ1v) is 5.68. The van der Waals surface area contributed by atoms with E-state index in [2.05, 4.69) is 19.3 Å². The fraction of sp³-hybridized carbons (Fsp3) is 1.00. The molecule has 0 aromatic carbocycles. The van der Waals surface area contributed by atoms with Gasteiger partial charge in [0, 0.05) is 13.7 Å². The predicted octanol–water partition coefficient (Wildman–Crippen LogP) is 2.37. The zero-order valence-corrected chi connectivity index (χ0v) is 9.84. The minimum Gasteiger partial charge on any atom is -0.382 e. The fourth-order valence-corrected chi connectivity index (χ4v) is 1.32. The van der Waals surface area contributed by atoms with Crippen LogP contribution >= 0.6 is 0 Å². The van der Waals surface area contributed by atoms with Crippen LogP contribution in [0.5, 0.6) is 0 Å². The Labute approximate surface area is 88.1 Å². The molecule has 14 heavy (non-hydrogen) atoms. The van der Waals surface area contributed by atoms with E-state index >= 15 is 0 Å². The highest BCUT2D eigenvalue weighted by Gasteiger charge is 2.04. The highest BCUT2D eigenvalue weighted by molar-refractivity contribution is 4.57. The second-order valence-corrected chi connectivity index (χ2v) is 3.61. The van der Waals surface area contributed by atoms with Gasteiger partial charge in [-0.25, -0.2) is 5.48 Å². The summed E-state index contributed by atoms with van der Waals surface area (Å²) in [6.45, 7) is 6.70. The second kappa shape index (κ2) is 11.0. The molecule has 0 aliphatic carbocycles. The molecular weight excluding hydrogens is 178 g/mol. The van der Waals surface area contributed by atoms with Crippen molar-refractivity contribution in [3.63, 3.8) is 0 Å². The van der Waals surface area contributed by atoms with E-state index in [9.17, 15) is 0 Å². The third-order valence-electron chi connectivity index (χ3n) is 2.41. The van der Waals surface area contributed by atoms with Crippen LogP contribution in [-0.4, -0.2) is 26.9 Å². The SMILES string of the molecule is CCCCC(CC)CNOCCOC. The first-order chi connectivity index (χ1) is 6.85. The lowest BCUT2D eigenvalue weighted by molar-refractivity contribution is -0.0000170. The summed E-state index contributed by atoms with van der Waals surface area (Å²) >= 11 is 0. The van der Waals surface area contributed by atoms with E-state index in [0.29, 0.717) is 13.2 Å². The Morgan fingerprint density at radius 1 is 1.21 bits per heavy atom. The summed E-state index contributed by atoms with van der Waals surface area (Å²) < 4.78 is 4.88. The summed E-state index contributed by atoms with van der Waals surface area (Å²) in [5, 5.41) is 0. The molecule has 0 aliphatic heterocycles. The molecular formula is C11H25NO2. The van der Waals surface area contributed by atoms with Crippen molar-refractivity contribution in [1.29, 1.82) is 0 Å². The zero-order chi connectivity index (χ0) is 10.6. The van der Waals surface area contributed by atoms with E-state index in [1.807, 2.05) is 0 Å². The Kier molecular flexibility index (Phi) is 10.9. The first-order valence-electron chi connectivity index (χ1n) is 5.68. The summed E-state index contributed by atoms with van der Waals surface area (Å²) in [5.74, 6) is 0.748. The average Bonchev–Trinajstić information content (AvgIpc) is 2.22. The van der Waals surface area contributed by atoms with Crippen LogP contribution in [0.3, 0.4) is 0 Å². The van der Waals surface area contributed by atoms with Crippen LogP contribution in [-0.2, 0) is 9.57 Å². The number of hydrogen-bond acceptors (Lipinski definition) is 3. The van der Waals surface area contributed by atoms with Crippen LogP contribution in [0.25, 0.3) is 0 Å². The fourth-order valence-electron chi connectivity index (χ4n) is 1.32. The number of rotatable bonds is 10. The van der Waals surface area contributed by atoms with Crippen LogP contribution < -0.4 is 5.48 Å². The Bertz CT molecular complexity index is 109. The molecule has 1 atom stereocenters. The van der Waals surface area contributed by atoms with Gasteiger partial charge in [0.15, 0.2) is 0 Å². The van der Waals surface area contributed by atoms with E-state index in [1.165, 1.54) is 25.7 Å². The lowest BCUT2D eigenvalue weighted by Gasteiger charge is -2.14. The molecule has 0 rings (SSSR count). The molecule has 0 aliphatic rings. The van der Waals surface area contributed by atoms with Gasteiger partial charge in [-0.2, -0.15) is 0 Å². The summed E-state index contributed by atoms with van der Waals surface area (Å²) in [4.78, 5) is 5.21. The number of ether oxygens (including phenoxy) is 1. The van der Waals surface area contributed by atoms with Gasteiger partial charge >= 0.3 is 0 Å². The van der Waals surface area contributed by atoms with Gasteiger partial charge in [0.25, 0.3) is 0 Å². The van der Waals surface area contributed by atoms with Gasteiger partial charge in [0.05, 0.1) is 13.2 Å². The van der Waals surface area contributed by atoms with Crippen molar-refractivity contribution in [2.75, 3.05) is 26.9 Å². The van der Waals surface area contributed by atoms with Gasteiger partial charge in [0.2, 0.25) is 0 Å². The molecule has 0 spiro atoms. The highest BCUT2D eigenvalue weighted by atomic mass is 16.7. The van der Waals surface area contributed by atoms with Gasteiger partial charge in [-0.15, -0.1) is 0 Å². The predicted molar refractivity (Wildman–Crippen MR) is 59.1 cm³/mol. The number of hydroxylamine groups is 1. The van der Waals surface area contributed by atoms with Crippen molar-refractivity contribution in [2.24, 2.45) is 5.92 Å². The maximum Gasteiger partial charge on any atom is 0.0915 e. The summed E-state index contributed by atoms with van der Waals surface area (Å²) in [5.41, 5.74) is 3.00. The van der Waals surface area contributed by atoms with Gasteiger partial charge in [0.1, 0.15) is 0 Å². The van der Waals surface area contributed by atoms with Gasteiger partial charge in [-0.3, -0.25) is 4.84 Å². The molecule has 86 valence electrons. The molecule has 0 bridgehead atoms. The molecule has 0 saturated carbocycles. The van der Waals surface area contributed by atoms with Crippen LogP contribution in [0.4, 0.5) is 0 Å². The smallest absolute Gasteiger partial charge is 0.0915 e. The summed E-state index contributed by atoms with van der Waals surface area (Å²) in [6, 6.07) is 0. The van der Waals surface area contributed by atoms with Crippen LogP contribution in [0, 0.1) is 5.92 Å². The minimum atomic E-state index is 0.626. The van der Waals surface area contributed by atoms with Gasteiger partial charge in [-0.05, 0) is 12.3 Å². The second-order valence-electron chi connectivity index (χ2n) is 3.61. The van der Waals surface area contributed by atoms with Crippen molar-refractivity contribution in [1.82, 2.24) is 5.48 Å². The maximum absolute atomic E-state index is 5.21. The summed E-state index contributed by atoms with van der Waals surface area (Å²) in [6.07, 6.45) is 5.12. The molecule has 0 aromatic rings. The monoisotopic (exact) mass is 203 g/mol. The van der Waals surface area contributed by atoms with Crippen molar-refractivity contribution in [3.05, 3.63) is 0 Å². The Balaban J connectivity index is 3.24. The van der Waals surface area contributed by atoms with E-state index in [-0.39, 0.29) is 0 Å². The number of unbranched alkanes of at least 4 members (excludes halogenated alkanes) is 1. The van der Waals surface area contributed by atoms with E-state index in [1.54, 1.807) is 7.11 Å². The van der Waals surface area contributed by atoms with E-state index in [4.69, 9.17) is 9.57 Å². The zero-order valence-electron chi connectivity index (χ0n) is 9.84. The van der Waals surface area contributed by atoms with E-state index in [0.717, 1.165) is 12.5 Å². The lowest BCUT2D eigenvalue weighted by Crippen LogP contribution is -2.24. The topological polar surface area (TPSA) is 30.5 Å². The molecule has 0 heterocycles. The minimum absolute atomic E-state index is 0.626. The van der Waals surface area contributed by atoms with Gasteiger partial charge < -0.3 is 4.74 Å². The molecule has 3 nitrogen and oxygen atoms in total. The Morgan fingerprint density at radius 3 is 2.57 bits per heavy atom. The van der Waals surface area contributed by atoms with Crippen molar-refractivity contribution >= 4 is 0 Å². The normalized spacial score (nSPS) is 13.1. The number of hydrogen-bond donors (Lipinski definition) is 1. The third-order valence-corrected chi connectivity index (χ3v) is 2.41. The number of nitrogens with one attached hydrogen (secondary N) is 1. The van der Waals surface area contributed by atoms with Crippen molar-refractivity contribution < 1.29 is 9.57 Å². The standard InChI is InChI=1S/C11H25NO2/c1-4-6-7-11(5-2)10-12-14-9-8-13-3/h11-12H,4-10H2,1-3H3. The highest BCUT2D eigenvalue weighted by Crippen LogP contribution is 2.10. The summed E-state index contributed by atoms with van der Waals surface area (Å²) in [7, 11) is 1.68. The molecule has 0 fully saturated rings. The van der Waals surface area contributed by atoms with Crippen LogP contribution in [0.2, 0.25) is 0 Å². The lowest BCUT2D eigenvalue weighted by atomic mass is 10.00. The molecule has 1 N–H and O–H groups in total. The molecule has 0 radical (unpaired) electrons. The van der Waals surface area contributed by atoms with Gasteiger partial charge in [-0.1, -0.05) is 33.1 Å². The average molecular weight is 203 g/mol. The quantitative estimate of drug-likeness (QED) is 0.437. The molecule has 0 aromatic heterocycles. The Morgan fingerprint density at radius 2 is 2.00 bits per heavy atom. The number of methoxy groups -OCH3 is 1. The third kappa shape index (κ3) is 8.48. The molecule has 0 saturated heterocycles. The van der Waals surface area contributed by atoms with E-state index < -0.39 is 0 Å². The van der Waals surface area contributed by atoms with Crippen molar-refractivity contribution in [3.8, 4) is 0 Å². The van der Waals surface area contributed by atoms with Crippen molar-refractivity contribution in [2.45, 2.75) is 39.5 Å². The van der Waals surface area contributed by atoms with Crippen LogP contribution in [0.1, 0.15) is 39.5 Å². The molecule has 1 unspecified atom stereocenters. The maximum atomic E-state index is 5.21. The molecule has 0 amide bonds.